The van der Waals surface area contributed by atoms with Crippen molar-refractivity contribution in [3.63, 3.8) is 0 Å². The molecule has 2 atom stereocenters. The van der Waals surface area contributed by atoms with Crippen molar-refractivity contribution in [3.05, 3.63) is 83.3 Å². The Kier molecular flexibility index (Phi) is 5.79. The van der Waals surface area contributed by atoms with Crippen molar-refractivity contribution in [2.24, 2.45) is 5.41 Å². The van der Waals surface area contributed by atoms with E-state index in [2.05, 4.69) is 94.4 Å². The lowest BCUT2D eigenvalue weighted by molar-refractivity contribution is -0.708. The fourth-order valence-corrected chi connectivity index (χ4v) is 7.05. The molecule has 196 valence electrons. The molecule has 3 heterocycles. The van der Waals surface area contributed by atoms with Gasteiger partial charge in [0, 0.05) is 36.5 Å². The largest absolute Gasteiger partial charge is 0.392 e. The summed E-state index contributed by atoms with van der Waals surface area (Å²) in [5.74, 6) is 0.134. The standard InChI is InChI=1S/C34H39N2O2/c1-20(19-37)30-25(13-15-38-7)28-24-11-9-8-10-21(24)17-26-29(28)31-27-22(12-14-36(30)31)16-23(18-33(2,3)4)35-32(27)34(26,5)6/h8-12,14,16-17,25,30,37H,1,13,15,18-19H2,2-7H3/q+1. The van der Waals surface area contributed by atoms with Gasteiger partial charge in [-0.25, -0.2) is 0 Å². The number of ether oxygens (including phenoxy) is 1. The summed E-state index contributed by atoms with van der Waals surface area (Å²) in [5.41, 5.74) is 8.25. The Hall–Kier alpha value is -3.08. The molecule has 2 aromatic carbocycles. The number of benzene rings is 2. The zero-order valence-corrected chi connectivity index (χ0v) is 23.6. The molecule has 0 radical (unpaired) electrons. The number of aliphatic hydroxyl groups is 1. The van der Waals surface area contributed by atoms with Crippen LogP contribution in [0.1, 0.15) is 75.5 Å². The molecule has 2 unspecified atom stereocenters. The maximum Gasteiger partial charge on any atom is 0.223 e. The summed E-state index contributed by atoms with van der Waals surface area (Å²) >= 11 is 0. The van der Waals surface area contributed by atoms with Crippen LogP contribution in [-0.2, 0) is 16.6 Å². The molecule has 4 heteroatoms. The quantitative estimate of drug-likeness (QED) is 0.231. The highest BCUT2D eigenvalue weighted by Gasteiger charge is 2.49. The van der Waals surface area contributed by atoms with Gasteiger partial charge in [0.2, 0.25) is 5.69 Å². The van der Waals surface area contributed by atoms with Crippen LogP contribution in [0.4, 0.5) is 0 Å². The summed E-state index contributed by atoms with van der Waals surface area (Å²) in [6, 6.07) is 15.6. The van der Waals surface area contributed by atoms with E-state index >= 15 is 0 Å². The molecule has 1 N–H and O–H groups in total. The minimum atomic E-state index is -0.265. The summed E-state index contributed by atoms with van der Waals surface area (Å²) in [7, 11) is 1.77. The number of rotatable bonds is 6. The van der Waals surface area contributed by atoms with Gasteiger partial charge in [-0.2, -0.15) is 4.57 Å². The molecule has 0 amide bonds. The summed E-state index contributed by atoms with van der Waals surface area (Å²) in [6.45, 7) is 16.5. The zero-order valence-electron chi connectivity index (χ0n) is 23.6. The van der Waals surface area contributed by atoms with E-state index in [-0.39, 0.29) is 29.4 Å². The van der Waals surface area contributed by atoms with Gasteiger partial charge in [-0.15, -0.1) is 0 Å². The fraction of sp³-hybridized carbons (Fsp3) is 0.412. The van der Waals surface area contributed by atoms with Crippen molar-refractivity contribution in [1.29, 1.82) is 0 Å². The van der Waals surface area contributed by atoms with E-state index in [1.54, 1.807) is 7.11 Å². The Bertz CT molecular complexity index is 1610. The van der Waals surface area contributed by atoms with E-state index in [1.165, 1.54) is 43.9 Å². The van der Waals surface area contributed by atoms with Gasteiger partial charge in [0.1, 0.15) is 0 Å². The molecule has 0 saturated carbocycles. The Morgan fingerprint density at radius 3 is 2.61 bits per heavy atom. The van der Waals surface area contributed by atoms with Crippen LogP contribution in [0.2, 0.25) is 0 Å². The molecule has 2 aliphatic rings. The Morgan fingerprint density at radius 2 is 1.89 bits per heavy atom. The van der Waals surface area contributed by atoms with Crippen LogP contribution in [0.25, 0.3) is 32.8 Å². The number of hydrogen-bond donors (Lipinski definition) is 1. The molecule has 2 aromatic heterocycles. The van der Waals surface area contributed by atoms with Crippen molar-refractivity contribution in [2.75, 3.05) is 20.3 Å². The highest BCUT2D eigenvalue weighted by molar-refractivity contribution is 6.04. The van der Waals surface area contributed by atoms with Crippen LogP contribution in [0.15, 0.2) is 60.8 Å². The van der Waals surface area contributed by atoms with Crippen LogP contribution < -0.4 is 4.57 Å². The molecular weight excluding hydrogens is 468 g/mol. The highest BCUT2D eigenvalue weighted by atomic mass is 16.5. The molecule has 1 aliphatic heterocycles. The second-order valence-corrected chi connectivity index (χ2v) is 12.9. The van der Waals surface area contributed by atoms with Crippen LogP contribution in [0.3, 0.4) is 0 Å². The Labute approximate surface area is 226 Å². The molecule has 0 saturated heterocycles. The van der Waals surface area contributed by atoms with E-state index in [0.717, 1.165) is 29.8 Å². The van der Waals surface area contributed by atoms with Crippen molar-refractivity contribution in [2.45, 2.75) is 64.8 Å². The van der Waals surface area contributed by atoms with Crippen molar-refractivity contribution >= 4 is 21.5 Å². The SMILES string of the molecule is C=C(CO)C1C(CCOC)c2c3c(cc4ccccc24)C(C)(C)c2nc(CC(C)(C)C)cc4cc[n+]1c-3c24. The molecule has 1 aliphatic carbocycles. The van der Waals surface area contributed by atoms with E-state index in [9.17, 15) is 5.11 Å². The van der Waals surface area contributed by atoms with Gasteiger partial charge in [-0.05, 0) is 57.7 Å². The molecule has 4 nitrogen and oxygen atoms in total. The summed E-state index contributed by atoms with van der Waals surface area (Å²) in [5, 5.41) is 15.4. The monoisotopic (exact) mass is 507 g/mol. The van der Waals surface area contributed by atoms with Gasteiger partial charge in [0.15, 0.2) is 12.2 Å². The highest BCUT2D eigenvalue weighted by Crippen LogP contribution is 2.55. The van der Waals surface area contributed by atoms with Gasteiger partial charge in [-0.3, -0.25) is 4.98 Å². The molecule has 0 fully saturated rings. The van der Waals surface area contributed by atoms with Gasteiger partial charge in [-0.1, -0.05) is 65.5 Å². The normalized spacial score (nSPS) is 19.2. The summed E-state index contributed by atoms with van der Waals surface area (Å²) < 4.78 is 8.00. The van der Waals surface area contributed by atoms with Crippen molar-refractivity contribution in [3.8, 4) is 11.3 Å². The average molecular weight is 508 g/mol. The van der Waals surface area contributed by atoms with Crippen LogP contribution in [0.5, 0.6) is 0 Å². The van der Waals surface area contributed by atoms with E-state index < -0.39 is 0 Å². The summed E-state index contributed by atoms with van der Waals surface area (Å²) in [4.78, 5) is 5.40. The topological polar surface area (TPSA) is 46.2 Å². The average Bonchev–Trinajstić information content (AvgIpc) is 2.87. The molecule has 4 aromatic rings. The third kappa shape index (κ3) is 3.65. The van der Waals surface area contributed by atoms with E-state index in [1.807, 2.05) is 0 Å². The van der Waals surface area contributed by atoms with E-state index in [0.29, 0.717) is 6.61 Å². The molecule has 0 bridgehead atoms. The molecule has 38 heavy (non-hydrogen) atoms. The predicted molar refractivity (Wildman–Crippen MR) is 155 cm³/mol. The number of aliphatic hydroxyl groups excluding tert-OH is 1. The van der Waals surface area contributed by atoms with Gasteiger partial charge in [0.25, 0.3) is 0 Å². The molecular formula is C34H39N2O2+. The number of nitrogens with zero attached hydrogens (tertiary/aromatic N) is 2. The maximum absolute atomic E-state index is 10.4. The number of aromatic nitrogens is 2. The molecule has 0 spiro atoms. The van der Waals surface area contributed by atoms with Crippen molar-refractivity contribution in [1.82, 2.24) is 4.98 Å². The lowest BCUT2D eigenvalue weighted by Gasteiger charge is -2.40. The minimum Gasteiger partial charge on any atom is -0.392 e. The first kappa shape index (κ1) is 25.2. The predicted octanol–water partition coefficient (Wildman–Crippen LogP) is 6.79. The number of hydrogen-bond acceptors (Lipinski definition) is 3. The zero-order chi connectivity index (χ0) is 27.0. The van der Waals surface area contributed by atoms with Crippen LogP contribution in [0, 0.1) is 5.41 Å². The number of fused-ring (bicyclic) bond motifs is 2. The third-order valence-electron chi connectivity index (χ3n) is 8.62. The Balaban J connectivity index is 1.79. The van der Waals surface area contributed by atoms with Crippen LogP contribution in [-0.4, -0.2) is 30.4 Å². The number of pyridine rings is 2. The van der Waals surface area contributed by atoms with Crippen molar-refractivity contribution < 1.29 is 14.4 Å². The molecule has 6 rings (SSSR count). The lowest BCUT2D eigenvalue weighted by Crippen LogP contribution is -2.50. The second kappa shape index (κ2) is 8.72. The third-order valence-corrected chi connectivity index (χ3v) is 8.62. The second-order valence-electron chi connectivity index (χ2n) is 12.9. The fourth-order valence-electron chi connectivity index (χ4n) is 7.05. The van der Waals surface area contributed by atoms with Gasteiger partial charge < -0.3 is 9.84 Å². The van der Waals surface area contributed by atoms with E-state index in [4.69, 9.17) is 9.72 Å². The Morgan fingerprint density at radius 1 is 1.13 bits per heavy atom. The first-order valence-electron chi connectivity index (χ1n) is 13.8. The maximum atomic E-state index is 10.4. The lowest BCUT2D eigenvalue weighted by atomic mass is 9.65. The minimum absolute atomic E-state index is 0.0489. The number of methoxy groups -OCH3 is 1. The first-order chi connectivity index (χ1) is 18.1. The van der Waals surface area contributed by atoms with Gasteiger partial charge >= 0.3 is 0 Å². The smallest absolute Gasteiger partial charge is 0.223 e. The summed E-state index contributed by atoms with van der Waals surface area (Å²) in [6.07, 6.45) is 3.99. The first-order valence-corrected chi connectivity index (χ1v) is 13.8. The van der Waals surface area contributed by atoms with Gasteiger partial charge in [0.05, 0.1) is 29.2 Å². The van der Waals surface area contributed by atoms with Crippen LogP contribution >= 0.6 is 0 Å².